The van der Waals surface area contributed by atoms with Gasteiger partial charge in [0.1, 0.15) is 4.99 Å². The number of halogens is 1. The zero-order chi connectivity index (χ0) is 13.8. The van der Waals surface area contributed by atoms with Gasteiger partial charge in [0.25, 0.3) is 0 Å². The van der Waals surface area contributed by atoms with Gasteiger partial charge in [-0.25, -0.2) is 0 Å². The molecule has 1 aliphatic heterocycles. The number of hydrogen-bond acceptors (Lipinski definition) is 3. The van der Waals surface area contributed by atoms with E-state index in [9.17, 15) is 0 Å². The number of nitrogens with two attached hydrogens (primary N) is 1. The molecule has 1 aliphatic rings. The minimum atomic E-state index is 0.374. The van der Waals surface area contributed by atoms with Crippen LogP contribution >= 0.6 is 23.8 Å². The van der Waals surface area contributed by atoms with E-state index in [1.807, 2.05) is 18.2 Å². The SMILES string of the molecule is CC(CNc1ccc(C(N)=S)cc1Cl)N1CCCC1. The third-order valence-corrected chi connectivity index (χ3v) is 4.15. The molecule has 2 rings (SSSR count). The Morgan fingerprint density at radius 3 is 2.74 bits per heavy atom. The predicted octanol–water partition coefficient (Wildman–Crippen LogP) is 2.87. The molecule has 0 aromatic heterocycles. The van der Waals surface area contributed by atoms with Crippen molar-refractivity contribution in [3.05, 3.63) is 28.8 Å². The van der Waals surface area contributed by atoms with E-state index in [0.717, 1.165) is 17.8 Å². The van der Waals surface area contributed by atoms with Crippen molar-refractivity contribution in [3.63, 3.8) is 0 Å². The maximum atomic E-state index is 6.23. The van der Waals surface area contributed by atoms with Crippen LogP contribution < -0.4 is 11.1 Å². The van der Waals surface area contributed by atoms with Crippen LogP contribution in [0.1, 0.15) is 25.3 Å². The van der Waals surface area contributed by atoms with E-state index < -0.39 is 0 Å². The number of rotatable bonds is 5. The molecule has 3 N–H and O–H groups in total. The molecule has 1 unspecified atom stereocenters. The van der Waals surface area contributed by atoms with E-state index in [4.69, 9.17) is 29.6 Å². The van der Waals surface area contributed by atoms with Crippen LogP contribution in [0.2, 0.25) is 5.02 Å². The Kier molecular flexibility index (Phi) is 5.02. The Morgan fingerprint density at radius 2 is 2.16 bits per heavy atom. The predicted molar refractivity (Wildman–Crippen MR) is 86.1 cm³/mol. The number of nitrogens with one attached hydrogen (secondary N) is 1. The van der Waals surface area contributed by atoms with Crippen LogP contribution in [0.25, 0.3) is 0 Å². The largest absolute Gasteiger partial charge is 0.389 e. The summed E-state index contributed by atoms with van der Waals surface area (Å²) in [4.78, 5) is 2.88. The first-order chi connectivity index (χ1) is 9.08. The van der Waals surface area contributed by atoms with Gasteiger partial charge >= 0.3 is 0 Å². The van der Waals surface area contributed by atoms with E-state index >= 15 is 0 Å². The summed E-state index contributed by atoms with van der Waals surface area (Å²) in [6, 6.07) is 6.17. The number of hydrogen-bond donors (Lipinski definition) is 2. The number of anilines is 1. The number of likely N-dealkylation sites (tertiary alicyclic amines) is 1. The fourth-order valence-corrected chi connectivity index (χ4v) is 2.76. The Balaban J connectivity index is 1.93. The van der Waals surface area contributed by atoms with Gasteiger partial charge in [-0.15, -0.1) is 0 Å². The summed E-state index contributed by atoms with van der Waals surface area (Å²) in [5.74, 6) is 0. The average molecular weight is 298 g/mol. The van der Waals surface area contributed by atoms with Gasteiger partial charge in [-0.1, -0.05) is 23.8 Å². The molecule has 1 heterocycles. The Hall–Kier alpha value is -0.840. The fraction of sp³-hybridized carbons (Fsp3) is 0.500. The second kappa shape index (κ2) is 6.55. The Bertz CT molecular complexity index is 458. The van der Waals surface area contributed by atoms with Gasteiger partial charge in [-0.2, -0.15) is 0 Å². The highest BCUT2D eigenvalue weighted by Gasteiger charge is 2.17. The van der Waals surface area contributed by atoms with Crippen LogP contribution in [0.3, 0.4) is 0 Å². The van der Waals surface area contributed by atoms with Crippen molar-refractivity contribution in [2.24, 2.45) is 5.73 Å². The van der Waals surface area contributed by atoms with Crippen LogP contribution in [0.4, 0.5) is 5.69 Å². The molecule has 1 aromatic carbocycles. The number of nitrogens with zero attached hydrogens (tertiary/aromatic N) is 1. The molecule has 1 atom stereocenters. The minimum Gasteiger partial charge on any atom is -0.389 e. The third-order valence-electron chi connectivity index (χ3n) is 3.61. The van der Waals surface area contributed by atoms with E-state index in [0.29, 0.717) is 16.1 Å². The summed E-state index contributed by atoms with van der Waals surface area (Å²) in [5.41, 5.74) is 7.32. The van der Waals surface area contributed by atoms with Gasteiger partial charge in [0.2, 0.25) is 0 Å². The standard InChI is InChI=1S/C14H20ClN3S/c1-10(18-6-2-3-7-18)9-17-13-5-4-11(14(16)19)8-12(13)15/h4-5,8,10,17H,2-3,6-7,9H2,1H3,(H2,16,19). The molecular formula is C14H20ClN3S. The molecule has 104 valence electrons. The van der Waals surface area contributed by atoms with Gasteiger partial charge in [-0.3, -0.25) is 4.90 Å². The normalized spacial score (nSPS) is 17.4. The Labute approximate surface area is 125 Å². The molecule has 0 bridgehead atoms. The highest BCUT2D eigenvalue weighted by Crippen LogP contribution is 2.23. The summed E-state index contributed by atoms with van der Waals surface area (Å²) in [7, 11) is 0. The van der Waals surface area contributed by atoms with E-state index in [1.54, 1.807) is 0 Å². The lowest BCUT2D eigenvalue weighted by Crippen LogP contribution is -2.35. The van der Waals surface area contributed by atoms with Crippen molar-refractivity contribution in [2.75, 3.05) is 25.0 Å². The summed E-state index contributed by atoms with van der Waals surface area (Å²) in [5, 5.41) is 4.06. The van der Waals surface area contributed by atoms with Crippen molar-refractivity contribution < 1.29 is 0 Å². The van der Waals surface area contributed by atoms with E-state index in [2.05, 4.69) is 17.1 Å². The molecule has 3 nitrogen and oxygen atoms in total. The molecule has 0 spiro atoms. The maximum Gasteiger partial charge on any atom is 0.104 e. The Morgan fingerprint density at radius 1 is 1.47 bits per heavy atom. The lowest BCUT2D eigenvalue weighted by atomic mass is 10.2. The zero-order valence-corrected chi connectivity index (χ0v) is 12.7. The molecule has 1 fully saturated rings. The molecule has 0 aliphatic carbocycles. The summed E-state index contributed by atoms with van der Waals surface area (Å²) in [6.07, 6.45) is 2.63. The second-order valence-electron chi connectivity index (χ2n) is 5.03. The topological polar surface area (TPSA) is 41.3 Å². The van der Waals surface area contributed by atoms with Crippen molar-refractivity contribution in [2.45, 2.75) is 25.8 Å². The van der Waals surface area contributed by atoms with Crippen LogP contribution in [0.5, 0.6) is 0 Å². The molecular weight excluding hydrogens is 278 g/mol. The molecule has 1 saturated heterocycles. The number of thiocarbonyl (C=S) groups is 1. The average Bonchev–Trinajstić information content (AvgIpc) is 2.90. The molecule has 0 radical (unpaired) electrons. The van der Waals surface area contributed by atoms with Crippen molar-refractivity contribution in [1.29, 1.82) is 0 Å². The lowest BCUT2D eigenvalue weighted by molar-refractivity contribution is 0.269. The third kappa shape index (κ3) is 3.81. The van der Waals surface area contributed by atoms with Gasteiger partial charge in [0, 0.05) is 18.2 Å². The zero-order valence-electron chi connectivity index (χ0n) is 11.2. The van der Waals surface area contributed by atoms with Crippen LogP contribution in [-0.2, 0) is 0 Å². The quantitative estimate of drug-likeness (QED) is 0.820. The van der Waals surface area contributed by atoms with E-state index in [-0.39, 0.29) is 0 Å². The van der Waals surface area contributed by atoms with Crippen molar-refractivity contribution >= 4 is 34.5 Å². The minimum absolute atomic E-state index is 0.374. The first-order valence-corrected chi connectivity index (χ1v) is 7.44. The molecule has 19 heavy (non-hydrogen) atoms. The molecule has 0 saturated carbocycles. The summed E-state index contributed by atoms with van der Waals surface area (Å²) < 4.78 is 0. The van der Waals surface area contributed by atoms with E-state index in [1.165, 1.54) is 25.9 Å². The first-order valence-electron chi connectivity index (χ1n) is 6.65. The molecule has 1 aromatic rings. The van der Waals surface area contributed by atoms with Crippen LogP contribution in [0.15, 0.2) is 18.2 Å². The molecule has 0 amide bonds. The maximum absolute atomic E-state index is 6.23. The number of benzene rings is 1. The van der Waals surface area contributed by atoms with Gasteiger partial charge in [0.15, 0.2) is 0 Å². The van der Waals surface area contributed by atoms with Gasteiger partial charge in [-0.05, 0) is 51.1 Å². The van der Waals surface area contributed by atoms with Gasteiger partial charge in [0.05, 0.1) is 10.7 Å². The fourth-order valence-electron chi connectivity index (χ4n) is 2.38. The molecule has 5 heteroatoms. The summed E-state index contributed by atoms with van der Waals surface area (Å²) >= 11 is 11.2. The van der Waals surface area contributed by atoms with Crippen LogP contribution in [-0.4, -0.2) is 35.6 Å². The highest BCUT2D eigenvalue weighted by atomic mass is 35.5. The van der Waals surface area contributed by atoms with Gasteiger partial charge < -0.3 is 11.1 Å². The highest BCUT2D eigenvalue weighted by molar-refractivity contribution is 7.80. The summed E-state index contributed by atoms with van der Waals surface area (Å²) in [6.45, 7) is 5.55. The lowest BCUT2D eigenvalue weighted by Gasteiger charge is -2.24. The van der Waals surface area contributed by atoms with Crippen molar-refractivity contribution in [1.82, 2.24) is 4.90 Å². The second-order valence-corrected chi connectivity index (χ2v) is 5.88. The van der Waals surface area contributed by atoms with Crippen molar-refractivity contribution in [3.8, 4) is 0 Å². The smallest absolute Gasteiger partial charge is 0.104 e. The first kappa shape index (κ1) is 14.6. The monoisotopic (exact) mass is 297 g/mol. The van der Waals surface area contributed by atoms with Crippen LogP contribution in [0, 0.1) is 0 Å².